The Hall–Kier alpha value is -3.05. The van der Waals surface area contributed by atoms with Gasteiger partial charge in [-0.1, -0.05) is 17.3 Å². The highest BCUT2D eigenvalue weighted by atomic mass is 32.2. The number of nitrogens with zero attached hydrogens (tertiary/aromatic N) is 2. The average molecular weight is 463 g/mol. The zero-order valence-corrected chi connectivity index (χ0v) is 18.5. The van der Waals surface area contributed by atoms with Crippen molar-refractivity contribution in [2.75, 3.05) is 22.7 Å². The van der Waals surface area contributed by atoms with Crippen molar-refractivity contribution in [2.24, 2.45) is 0 Å². The second-order valence-electron chi connectivity index (χ2n) is 7.91. The summed E-state index contributed by atoms with van der Waals surface area (Å²) in [5.41, 5.74) is -0.531. The van der Waals surface area contributed by atoms with E-state index in [0.717, 1.165) is 5.56 Å². The molecular formula is C21H23FN4O5S. The Bertz CT molecular complexity index is 1280. The molecule has 170 valence electrons. The molecule has 1 aliphatic heterocycles. The van der Waals surface area contributed by atoms with Gasteiger partial charge in [0.1, 0.15) is 22.9 Å². The summed E-state index contributed by atoms with van der Waals surface area (Å²) in [6.07, 6.45) is 1.41. The smallest absolute Gasteiger partial charge is 0.267 e. The summed E-state index contributed by atoms with van der Waals surface area (Å²) >= 11 is 0. The van der Waals surface area contributed by atoms with Gasteiger partial charge in [0.2, 0.25) is 0 Å². The lowest BCUT2D eigenvalue weighted by Gasteiger charge is -2.35. The van der Waals surface area contributed by atoms with Crippen molar-refractivity contribution < 1.29 is 17.3 Å². The molecule has 2 heterocycles. The van der Waals surface area contributed by atoms with Crippen molar-refractivity contribution in [3.05, 3.63) is 67.5 Å². The molecule has 4 rings (SSSR count). The quantitative estimate of drug-likeness (QED) is 0.508. The number of benzene rings is 1. The molecule has 0 saturated carbocycles. The molecule has 0 spiro atoms. The minimum atomic E-state index is -4.12. The minimum absolute atomic E-state index is 0.0994. The van der Waals surface area contributed by atoms with E-state index >= 15 is 0 Å². The van der Waals surface area contributed by atoms with Crippen LogP contribution in [0.3, 0.4) is 0 Å². The Labute approximate surface area is 184 Å². The molecule has 0 bridgehead atoms. The topological polar surface area (TPSA) is 122 Å². The van der Waals surface area contributed by atoms with E-state index in [1.807, 2.05) is 0 Å². The van der Waals surface area contributed by atoms with Crippen molar-refractivity contribution in [3.63, 3.8) is 0 Å². The second kappa shape index (κ2) is 8.47. The lowest BCUT2D eigenvalue weighted by Crippen LogP contribution is -2.48. The van der Waals surface area contributed by atoms with Crippen molar-refractivity contribution in [2.45, 2.75) is 44.2 Å². The Morgan fingerprint density at radius 2 is 1.78 bits per heavy atom. The molecule has 2 N–H and O–H groups in total. The van der Waals surface area contributed by atoms with Crippen molar-refractivity contribution >= 4 is 21.4 Å². The van der Waals surface area contributed by atoms with Gasteiger partial charge in [-0.15, -0.1) is 0 Å². The highest BCUT2D eigenvalue weighted by Crippen LogP contribution is 2.28. The van der Waals surface area contributed by atoms with Gasteiger partial charge < -0.3 is 14.7 Å². The number of aryl methyl sites for hydroxylation is 2. The van der Waals surface area contributed by atoms with E-state index in [1.54, 1.807) is 17.0 Å². The van der Waals surface area contributed by atoms with E-state index in [-0.39, 0.29) is 39.6 Å². The van der Waals surface area contributed by atoms with E-state index in [0.29, 0.717) is 32.5 Å². The SMILES string of the molecule is Cc1noc(C)c1S(=O)(=O)Nc1c(N2CCC(NCc3ccc(F)cc3)CC2)c(=O)c1=O. The summed E-state index contributed by atoms with van der Waals surface area (Å²) in [7, 11) is -4.12. The highest BCUT2D eigenvalue weighted by Gasteiger charge is 2.33. The molecule has 0 atom stereocenters. The number of rotatable bonds is 7. The average Bonchev–Trinajstić information content (AvgIpc) is 3.12. The molecule has 0 unspecified atom stereocenters. The van der Waals surface area contributed by atoms with E-state index in [4.69, 9.17) is 4.52 Å². The standard InChI is InChI=1S/C21H23FN4O5S/c1-12-21(13(2)31-24-12)32(29,30)25-17-18(20(28)19(17)27)26-9-7-16(8-10-26)23-11-14-3-5-15(22)6-4-14/h3-6,16,23,25H,7-11H2,1-2H3. The van der Waals surface area contributed by atoms with Crippen LogP contribution < -0.4 is 25.8 Å². The number of anilines is 2. The van der Waals surface area contributed by atoms with Crippen LogP contribution in [0, 0.1) is 19.7 Å². The third kappa shape index (κ3) is 4.17. The Kier molecular flexibility index (Phi) is 5.87. The molecule has 1 aliphatic rings. The predicted molar refractivity (Wildman–Crippen MR) is 117 cm³/mol. The zero-order valence-electron chi connectivity index (χ0n) is 17.6. The first-order valence-corrected chi connectivity index (χ1v) is 11.7. The normalized spacial score (nSPS) is 15.4. The molecular weight excluding hydrogens is 439 g/mol. The molecule has 2 aromatic carbocycles. The Morgan fingerprint density at radius 3 is 2.38 bits per heavy atom. The lowest BCUT2D eigenvalue weighted by atomic mass is 10.0. The fraction of sp³-hybridized carbons (Fsp3) is 0.381. The monoisotopic (exact) mass is 462 g/mol. The van der Waals surface area contributed by atoms with Crippen LogP contribution in [0.2, 0.25) is 0 Å². The van der Waals surface area contributed by atoms with E-state index in [2.05, 4.69) is 15.2 Å². The van der Waals surface area contributed by atoms with Crippen LogP contribution in [0.1, 0.15) is 29.9 Å². The van der Waals surface area contributed by atoms with Gasteiger partial charge in [0.25, 0.3) is 20.9 Å². The molecule has 32 heavy (non-hydrogen) atoms. The fourth-order valence-electron chi connectivity index (χ4n) is 3.99. The largest absolute Gasteiger partial charge is 0.366 e. The minimum Gasteiger partial charge on any atom is -0.366 e. The third-order valence-corrected chi connectivity index (χ3v) is 7.27. The third-order valence-electron chi connectivity index (χ3n) is 5.68. The maximum absolute atomic E-state index is 13.0. The van der Waals surface area contributed by atoms with Crippen LogP contribution in [-0.2, 0) is 16.6 Å². The Morgan fingerprint density at radius 1 is 1.12 bits per heavy atom. The molecule has 0 aliphatic carbocycles. The van der Waals surface area contributed by atoms with Gasteiger partial charge in [0.05, 0.1) is 0 Å². The van der Waals surface area contributed by atoms with Crippen LogP contribution >= 0.6 is 0 Å². The summed E-state index contributed by atoms with van der Waals surface area (Å²) in [4.78, 5) is 26.0. The summed E-state index contributed by atoms with van der Waals surface area (Å²) < 4.78 is 45.7. The number of hydrogen-bond donors (Lipinski definition) is 2. The molecule has 11 heteroatoms. The highest BCUT2D eigenvalue weighted by molar-refractivity contribution is 7.92. The van der Waals surface area contributed by atoms with Gasteiger partial charge in [-0.05, 0) is 44.4 Å². The maximum atomic E-state index is 13.0. The molecule has 3 aromatic rings. The van der Waals surface area contributed by atoms with Gasteiger partial charge >= 0.3 is 0 Å². The lowest BCUT2D eigenvalue weighted by molar-refractivity contribution is 0.390. The second-order valence-corrected chi connectivity index (χ2v) is 9.53. The number of halogens is 1. The molecule has 1 aromatic heterocycles. The predicted octanol–water partition coefficient (Wildman–Crippen LogP) is 1.59. The van der Waals surface area contributed by atoms with Crippen molar-refractivity contribution in [1.29, 1.82) is 0 Å². The Balaban J connectivity index is 1.42. The van der Waals surface area contributed by atoms with Gasteiger partial charge in [-0.2, -0.15) is 0 Å². The number of sulfonamides is 1. The number of aromatic nitrogens is 1. The van der Waals surface area contributed by atoms with E-state index in [9.17, 15) is 22.4 Å². The fourth-order valence-corrected chi connectivity index (χ4v) is 5.39. The molecule has 1 saturated heterocycles. The molecule has 9 nitrogen and oxygen atoms in total. The number of hydrogen-bond acceptors (Lipinski definition) is 8. The summed E-state index contributed by atoms with van der Waals surface area (Å²) in [6, 6.07) is 6.45. The van der Waals surface area contributed by atoms with E-state index in [1.165, 1.54) is 26.0 Å². The van der Waals surface area contributed by atoms with E-state index < -0.39 is 20.9 Å². The maximum Gasteiger partial charge on any atom is 0.267 e. The van der Waals surface area contributed by atoms with Gasteiger partial charge in [0, 0.05) is 25.7 Å². The van der Waals surface area contributed by atoms with Gasteiger partial charge in [-0.25, -0.2) is 12.8 Å². The summed E-state index contributed by atoms with van der Waals surface area (Å²) in [6.45, 7) is 4.52. The van der Waals surface area contributed by atoms with Crippen LogP contribution in [0.4, 0.5) is 15.8 Å². The molecule has 1 fully saturated rings. The first kappa shape index (κ1) is 22.2. The number of nitrogens with one attached hydrogen (secondary N) is 2. The van der Waals surface area contributed by atoms with Crippen LogP contribution in [-0.4, -0.2) is 32.7 Å². The van der Waals surface area contributed by atoms with Gasteiger partial charge in [0.15, 0.2) is 10.7 Å². The van der Waals surface area contributed by atoms with Crippen molar-refractivity contribution in [1.82, 2.24) is 10.5 Å². The first-order chi connectivity index (χ1) is 15.2. The van der Waals surface area contributed by atoms with Crippen LogP contribution in [0.5, 0.6) is 0 Å². The molecule has 0 amide bonds. The number of piperidine rings is 1. The first-order valence-electron chi connectivity index (χ1n) is 10.2. The van der Waals surface area contributed by atoms with Crippen molar-refractivity contribution in [3.8, 4) is 0 Å². The molecule has 0 radical (unpaired) electrons. The zero-order chi connectivity index (χ0) is 23.0. The van der Waals surface area contributed by atoms with Crippen LogP contribution in [0.25, 0.3) is 0 Å². The summed E-state index contributed by atoms with van der Waals surface area (Å²) in [5.74, 6) is -0.181. The summed E-state index contributed by atoms with van der Waals surface area (Å²) in [5, 5.41) is 7.04. The van der Waals surface area contributed by atoms with Crippen LogP contribution in [0.15, 0.2) is 43.3 Å². The van der Waals surface area contributed by atoms with Gasteiger partial charge in [-0.3, -0.25) is 14.3 Å².